The summed E-state index contributed by atoms with van der Waals surface area (Å²) < 4.78 is 5.64. The summed E-state index contributed by atoms with van der Waals surface area (Å²) in [6.07, 6.45) is 10.7. The normalized spacial score (nSPS) is 36.5. The van der Waals surface area contributed by atoms with E-state index in [-0.39, 0.29) is 35.7 Å². The Bertz CT molecular complexity index is 677. The van der Waals surface area contributed by atoms with Crippen LogP contribution in [0.5, 0.6) is 0 Å². The molecule has 0 radical (unpaired) electrons. The molecule has 0 amide bonds. The molecule has 3 aliphatic carbocycles. The molecule has 32 heavy (non-hydrogen) atoms. The van der Waals surface area contributed by atoms with Gasteiger partial charge in [-0.25, -0.2) is 0 Å². The molecule has 2 unspecified atom stereocenters. The molecule has 1 N–H and O–H groups in total. The van der Waals surface area contributed by atoms with E-state index in [4.69, 9.17) is 9.57 Å². The van der Waals surface area contributed by atoms with Gasteiger partial charge in [-0.2, -0.15) is 5.06 Å². The summed E-state index contributed by atoms with van der Waals surface area (Å²) >= 11 is 0. The molecule has 182 valence electrons. The minimum Gasteiger partial charge on any atom is -0.462 e. The highest BCUT2D eigenvalue weighted by Crippen LogP contribution is 2.46. The van der Waals surface area contributed by atoms with E-state index in [1.807, 2.05) is 0 Å². The molecular formula is C26H43NO5. The van der Waals surface area contributed by atoms with Crippen LogP contribution in [-0.2, 0) is 19.2 Å². The third-order valence-corrected chi connectivity index (χ3v) is 8.31. The van der Waals surface area contributed by atoms with Gasteiger partial charge >= 0.3 is 5.97 Å². The van der Waals surface area contributed by atoms with Crippen molar-refractivity contribution >= 4 is 11.8 Å². The number of piperidine rings is 1. The topological polar surface area (TPSA) is 76.1 Å². The molecule has 0 aromatic heterocycles. The van der Waals surface area contributed by atoms with Crippen molar-refractivity contribution in [3.8, 4) is 0 Å². The highest BCUT2D eigenvalue weighted by Gasteiger charge is 2.48. The number of ketones is 1. The number of aliphatic hydroxyl groups is 1. The Morgan fingerprint density at radius 2 is 1.50 bits per heavy atom. The van der Waals surface area contributed by atoms with E-state index in [9.17, 15) is 14.7 Å². The molecule has 4 fully saturated rings. The predicted octanol–water partition coefficient (Wildman–Crippen LogP) is 4.57. The molecule has 6 nitrogen and oxygen atoms in total. The average molecular weight is 450 g/mol. The van der Waals surface area contributed by atoms with E-state index in [0.717, 1.165) is 57.8 Å². The zero-order valence-electron chi connectivity index (χ0n) is 20.5. The highest BCUT2D eigenvalue weighted by molar-refractivity contribution is 5.81. The van der Waals surface area contributed by atoms with Crippen LogP contribution in [0, 0.1) is 17.8 Å². The fraction of sp³-hybridized carbons (Fsp3) is 0.923. The number of carbonyl (C=O) groups excluding carboxylic acids is 2. The van der Waals surface area contributed by atoms with Crippen molar-refractivity contribution in [1.82, 2.24) is 5.06 Å². The van der Waals surface area contributed by atoms with Gasteiger partial charge in [-0.05, 0) is 84.5 Å². The molecular weight excluding hydrogens is 406 g/mol. The van der Waals surface area contributed by atoms with Gasteiger partial charge in [0.1, 0.15) is 12.4 Å². The first-order valence-corrected chi connectivity index (χ1v) is 12.8. The van der Waals surface area contributed by atoms with Crippen molar-refractivity contribution in [3.05, 3.63) is 0 Å². The van der Waals surface area contributed by atoms with Crippen molar-refractivity contribution in [2.24, 2.45) is 17.8 Å². The number of esters is 1. The highest BCUT2D eigenvalue weighted by atomic mass is 16.7. The molecule has 4 rings (SSSR count). The van der Waals surface area contributed by atoms with Crippen LogP contribution in [-0.4, -0.2) is 51.3 Å². The van der Waals surface area contributed by atoms with E-state index in [0.29, 0.717) is 30.5 Å². The van der Waals surface area contributed by atoms with Gasteiger partial charge < -0.3 is 9.84 Å². The maximum absolute atomic E-state index is 12.8. The molecule has 0 aromatic rings. The summed E-state index contributed by atoms with van der Waals surface area (Å²) in [5.74, 6) is 1.09. The van der Waals surface area contributed by atoms with Gasteiger partial charge in [0.05, 0.1) is 17.6 Å². The van der Waals surface area contributed by atoms with Gasteiger partial charge in [0.15, 0.2) is 0 Å². The molecule has 2 bridgehead atoms. The molecule has 4 aliphatic rings. The smallest absolute Gasteiger partial charge is 0.309 e. The zero-order valence-corrected chi connectivity index (χ0v) is 20.5. The Balaban J connectivity index is 1.31. The van der Waals surface area contributed by atoms with Gasteiger partial charge in [0, 0.05) is 23.9 Å². The largest absolute Gasteiger partial charge is 0.462 e. The number of Topliss-reactive ketones (excluding diaryl/α,β-unsaturated/α-hetero) is 1. The third-order valence-electron chi connectivity index (χ3n) is 8.31. The zero-order chi connectivity index (χ0) is 23.1. The summed E-state index contributed by atoms with van der Waals surface area (Å²) in [7, 11) is 0. The number of hydrogen-bond donors (Lipinski definition) is 1. The Kier molecular flexibility index (Phi) is 6.79. The Morgan fingerprint density at radius 3 is 2.06 bits per heavy atom. The van der Waals surface area contributed by atoms with Crippen LogP contribution in [0.25, 0.3) is 0 Å². The number of hydroxylamine groups is 2. The van der Waals surface area contributed by atoms with Crippen LogP contribution in [0.4, 0.5) is 0 Å². The lowest BCUT2D eigenvalue weighted by atomic mass is 9.67. The molecule has 1 heterocycles. The van der Waals surface area contributed by atoms with Crippen LogP contribution in [0.15, 0.2) is 0 Å². The van der Waals surface area contributed by atoms with Gasteiger partial charge in [-0.15, -0.1) is 0 Å². The predicted molar refractivity (Wildman–Crippen MR) is 122 cm³/mol. The summed E-state index contributed by atoms with van der Waals surface area (Å²) in [4.78, 5) is 31.6. The Hall–Kier alpha value is -0.980. The van der Waals surface area contributed by atoms with Crippen molar-refractivity contribution in [2.75, 3.05) is 6.61 Å². The van der Waals surface area contributed by atoms with Gasteiger partial charge in [0.2, 0.25) is 0 Å². The first-order valence-electron chi connectivity index (χ1n) is 12.8. The van der Waals surface area contributed by atoms with E-state index in [2.05, 4.69) is 32.8 Å². The van der Waals surface area contributed by atoms with Crippen molar-refractivity contribution < 1.29 is 24.3 Å². The maximum atomic E-state index is 12.8. The van der Waals surface area contributed by atoms with Crippen molar-refractivity contribution in [2.45, 2.75) is 128 Å². The number of ether oxygens (including phenoxy) is 1. The molecule has 1 aliphatic heterocycles. The summed E-state index contributed by atoms with van der Waals surface area (Å²) in [6.45, 7) is 8.55. The maximum Gasteiger partial charge on any atom is 0.309 e. The number of carbonyl (C=O) groups is 2. The van der Waals surface area contributed by atoms with Gasteiger partial charge in [-0.3, -0.25) is 14.4 Å². The van der Waals surface area contributed by atoms with Crippen molar-refractivity contribution in [3.63, 3.8) is 0 Å². The fourth-order valence-electron chi connectivity index (χ4n) is 7.17. The lowest BCUT2D eigenvalue weighted by Crippen LogP contribution is -2.62. The summed E-state index contributed by atoms with van der Waals surface area (Å²) in [6, 6.07) is 0. The number of rotatable bonds is 5. The third kappa shape index (κ3) is 5.39. The minimum atomic E-state index is -0.813. The second kappa shape index (κ2) is 8.99. The summed E-state index contributed by atoms with van der Waals surface area (Å²) in [5.41, 5.74) is -1.43. The van der Waals surface area contributed by atoms with E-state index in [1.165, 1.54) is 6.42 Å². The molecule has 3 saturated carbocycles. The molecule has 6 heteroatoms. The fourth-order valence-corrected chi connectivity index (χ4v) is 7.17. The lowest BCUT2D eigenvalue weighted by molar-refractivity contribution is -0.307. The number of hydrogen-bond acceptors (Lipinski definition) is 6. The molecule has 4 atom stereocenters. The second-order valence-electron chi connectivity index (χ2n) is 12.5. The second-order valence-corrected chi connectivity index (χ2v) is 12.5. The summed E-state index contributed by atoms with van der Waals surface area (Å²) in [5, 5.41) is 12.8. The van der Waals surface area contributed by atoms with E-state index < -0.39 is 5.60 Å². The average Bonchev–Trinajstić information content (AvgIpc) is 2.68. The van der Waals surface area contributed by atoms with Crippen LogP contribution in [0.3, 0.4) is 0 Å². The van der Waals surface area contributed by atoms with Crippen molar-refractivity contribution in [1.29, 1.82) is 0 Å². The van der Waals surface area contributed by atoms with Crippen LogP contribution in [0.1, 0.15) is 105 Å². The monoisotopic (exact) mass is 449 g/mol. The van der Waals surface area contributed by atoms with Gasteiger partial charge in [-0.1, -0.05) is 19.3 Å². The first kappa shape index (κ1) is 24.2. The minimum absolute atomic E-state index is 0.0487. The molecule has 1 saturated heterocycles. The number of nitrogens with zero attached hydrogens (tertiary/aromatic N) is 1. The number of fused-ring (bicyclic) bond motifs is 2. The van der Waals surface area contributed by atoms with E-state index >= 15 is 0 Å². The van der Waals surface area contributed by atoms with Crippen LogP contribution >= 0.6 is 0 Å². The standard InChI is InChI=1S/C26H43NO5/c1-24(2)15-21(28)16-25(3,4)27(24)32-22-13-18-10-19(14-22)12-20(11-18)23(29)31-17-26(30)8-6-5-7-9-26/h18-20,22,30H,5-17H2,1-4H3/t18-,19+,20?,22?. The van der Waals surface area contributed by atoms with Crippen LogP contribution in [0.2, 0.25) is 0 Å². The Labute approximate surface area is 193 Å². The quantitative estimate of drug-likeness (QED) is 0.620. The lowest BCUT2D eigenvalue weighted by Gasteiger charge is -2.53. The van der Waals surface area contributed by atoms with E-state index in [1.54, 1.807) is 0 Å². The first-order chi connectivity index (χ1) is 15.0. The Morgan fingerprint density at radius 1 is 0.938 bits per heavy atom. The van der Waals surface area contributed by atoms with Crippen LogP contribution < -0.4 is 0 Å². The molecule has 0 spiro atoms. The van der Waals surface area contributed by atoms with Gasteiger partial charge in [0.25, 0.3) is 0 Å². The molecule has 0 aromatic carbocycles. The SMILES string of the molecule is CC1(C)CC(=O)CC(C)(C)N1OC1C[C@@H]2CC(C(=O)OCC3(O)CCCCC3)C[C@H](C1)C2.